The average molecular weight is 392 g/mol. The second kappa shape index (κ2) is 9.23. The van der Waals surface area contributed by atoms with Crippen molar-refractivity contribution >= 4 is 11.8 Å². The van der Waals surface area contributed by atoms with Crippen molar-refractivity contribution in [2.24, 2.45) is 0 Å². The Labute approximate surface area is 172 Å². The number of amides is 2. The Hall–Kier alpha value is -2.66. The molecular weight excluding hydrogens is 362 g/mol. The molecule has 2 aromatic carbocycles. The number of nitrogens with zero attached hydrogens (tertiary/aromatic N) is 2. The van der Waals surface area contributed by atoms with Crippen LogP contribution in [0.1, 0.15) is 53.2 Å². The van der Waals surface area contributed by atoms with Gasteiger partial charge in [0.2, 0.25) is 5.91 Å². The highest BCUT2D eigenvalue weighted by atomic mass is 16.2. The van der Waals surface area contributed by atoms with Crippen molar-refractivity contribution in [3.8, 4) is 0 Å². The van der Waals surface area contributed by atoms with Crippen molar-refractivity contribution in [3.63, 3.8) is 0 Å². The minimum absolute atomic E-state index is 0.0473. The molecule has 2 heterocycles. The molecule has 29 heavy (non-hydrogen) atoms. The molecule has 152 valence electrons. The third-order valence-corrected chi connectivity index (χ3v) is 5.98. The van der Waals surface area contributed by atoms with Crippen molar-refractivity contribution in [1.29, 1.82) is 0 Å². The molecule has 2 aromatic rings. The summed E-state index contributed by atoms with van der Waals surface area (Å²) in [5.74, 6) is 0.176. The van der Waals surface area contributed by atoms with Gasteiger partial charge in [0.15, 0.2) is 0 Å². The van der Waals surface area contributed by atoms with E-state index in [0.29, 0.717) is 25.1 Å². The maximum absolute atomic E-state index is 12.7. The molecule has 1 atom stereocenters. The van der Waals surface area contributed by atoms with E-state index in [-0.39, 0.29) is 17.9 Å². The summed E-state index contributed by atoms with van der Waals surface area (Å²) < 4.78 is 0. The zero-order valence-corrected chi connectivity index (χ0v) is 16.8. The molecule has 0 bridgehead atoms. The first-order valence-corrected chi connectivity index (χ1v) is 10.6. The standard InChI is InChI=1S/C24H29N3O2/c28-23-9-6-16-27(23)18-19-10-12-21(13-11-19)24(29)25-17-22(26-14-4-5-15-26)20-7-2-1-3-8-20/h1-3,7-8,10-13,22H,4-6,9,14-18H2,(H,25,29). The lowest BCUT2D eigenvalue weighted by molar-refractivity contribution is -0.128. The van der Waals surface area contributed by atoms with Crippen molar-refractivity contribution in [2.75, 3.05) is 26.2 Å². The highest BCUT2D eigenvalue weighted by molar-refractivity contribution is 5.94. The predicted octanol–water partition coefficient (Wildman–Crippen LogP) is 3.38. The fourth-order valence-electron chi connectivity index (χ4n) is 4.33. The lowest BCUT2D eigenvalue weighted by Crippen LogP contribution is -2.36. The van der Waals surface area contributed by atoms with Crippen LogP contribution < -0.4 is 5.32 Å². The van der Waals surface area contributed by atoms with E-state index in [4.69, 9.17) is 0 Å². The van der Waals surface area contributed by atoms with Gasteiger partial charge in [-0.15, -0.1) is 0 Å². The largest absolute Gasteiger partial charge is 0.350 e. The molecule has 0 aliphatic carbocycles. The summed E-state index contributed by atoms with van der Waals surface area (Å²) in [5.41, 5.74) is 2.98. The van der Waals surface area contributed by atoms with E-state index in [0.717, 1.165) is 31.6 Å². The van der Waals surface area contributed by atoms with E-state index < -0.39 is 0 Å². The summed E-state index contributed by atoms with van der Waals surface area (Å²) in [6.45, 7) is 4.23. The molecule has 5 heteroatoms. The Balaban J connectivity index is 1.37. The summed E-state index contributed by atoms with van der Waals surface area (Å²) >= 11 is 0. The molecule has 2 aliphatic heterocycles. The van der Waals surface area contributed by atoms with Gasteiger partial charge in [-0.2, -0.15) is 0 Å². The molecule has 1 N–H and O–H groups in total. The summed E-state index contributed by atoms with van der Waals surface area (Å²) in [5, 5.41) is 3.13. The maximum atomic E-state index is 12.7. The van der Waals surface area contributed by atoms with Crippen LogP contribution in [0.4, 0.5) is 0 Å². The van der Waals surface area contributed by atoms with Crippen LogP contribution in [-0.2, 0) is 11.3 Å². The molecule has 2 amide bonds. The molecule has 1 unspecified atom stereocenters. The van der Waals surface area contributed by atoms with Gasteiger partial charge in [-0.05, 0) is 55.6 Å². The van der Waals surface area contributed by atoms with E-state index in [1.807, 2.05) is 35.2 Å². The van der Waals surface area contributed by atoms with Crippen molar-refractivity contribution in [1.82, 2.24) is 15.1 Å². The van der Waals surface area contributed by atoms with Crippen molar-refractivity contribution < 1.29 is 9.59 Å². The highest BCUT2D eigenvalue weighted by Gasteiger charge is 2.24. The number of likely N-dealkylation sites (tertiary alicyclic amines) is 2. The number of benzene rings is 2. The molecule has 5 nitrogen and oxygen atoms in total. The second-order valence-electron chi connectivity index (χ2n) is 8.00. The van der Waals surface area contributed by atoms with Gasteiger partial charge in [-0.3, -0.25) is 14.5 Å². The smallest absolute Gasteiger partial charge is 0.251 e. The number of hydrogen-bond acceptors (Lipinski definition) is 3. The van der Waals surface area contributed by atoms with Crippen LogP contribution in [0.5, 0.6) is 0 Å². The second-order valence-corrected chi connectivity index (χ2v) is 8.00. The molecule has 0 aromatic heterocycles. The number of carbonyl (C=O) groups is 2. The minimum atomic E-state index is -0.0473. The van der Waals surface area contributed by atoms with Gasteiger partial charge >= 0.3 is 0 Å². The number of hydrogen-bond donors (Lipinski definition) is 1. The number of nitrogens with one attached hydrogen (secondary N) is 1. The van der Waals surface area contributed by atoms with Crippen LogP contribution in [0, 0.1) is 0 Å². The normalized spacial score (nSPS) is 18.2. The zero-order chi connectivity index (χ0) is 20.1. The van der Waals surface area contributed by atoms with Gasteiger partial charge in [0.05, 0.1) is 6.04 Å². The van der Waals surface area contributed by atoms with Gasteiger partial charge in [0.1, 0.15) is 0 Å². The minimum Gasteiger partial charge on any atom is -0.350 e. The molecule has 2 saturated heterocycles. The molecule has 0 saturated carbocycles. The Kier molecular flexibility index (Phi) is 6.25. The zero-order valence-electron chi connectivity index (χ0n) is 16.8. The molecule has 0 spiro atoms. The molecule has 4 rings (SSSR count). The van der Waals surface area contributed by atoms with Gasteiger partial charge in [0.25, 0.3) is 5.91 Å². The van der Waals surface area contributed by atoms with Crippen LogP contribution in [-0.4, -0.2) is 47.8 Å². The summed E-state index contributed by atoms with van der Waals surface area (Å²) in [6.07, 6.45) is 4.04. The highest BCUT2D eigenvalue weighted by Crippen LogP contribution is 2.24. The fraction of sp³-hybridized carbons (Fsp3) is 0.417. The quantitative estimate of drug-likeness (QED) is 0.787. The Morgan fingerprint density at radius 2 is 1.66 bits per heavy atom. The average Bonchev–Trinajstić information content (AvgIpc) is 3.42. The van der Waals surface area contributed by atoms with Crippen LogP contribution >= 0.6 is 0 Å². The molecule has 0 radical (unpaired) electrons. The Morgan fingerprint density at radius 1 is 0.931 bits per heavy atom. The molecular formula is C24H29N3O2. The third kappa shape index (κ3) is 4.85. The first-order chi connectivity index (χ1) is 14.2. The van der Waals surface area contributed by atoms with Crippen LogP contribution in [0.15, 0.2) is 54.6 Å². The summed E-state index contributed by atoms with van der Waals surface area (Å²) in [6, 6.07) is 18.3. The van der Waals surface area contributed by atoms with E-state index >= 15 is 0 Å². The van der Waals surface area contributed by atoms with E-state index in [1.54, 1.807) is 0 Å². The lowest BCUT2D eigenvalue weighted by atomic mass is 10.1. The van der Waals surface area contributed by atoms with Crippen LogP contribution in [0.25, 0.3) is 0 Å². The van der Waals surface area contributed by atoms with Gasteiger partial charge < -0.3 is 10.2 Å². The van der Waals surface area contributed by atoms with E-state index in [9.17, 15) is 9.59 Å². The molecule has 2 aliphatic rings. The Bertz CT molecular complexity index is 829. The van der Waals surface area contributed by atoms with Gasteiger partial charge in [0, 0.05) is 31.6 Å². The lowest BCUT2D eigenvalue weighted by Gasteiger charge is -2.28. The van der Waals surface area contributed by atoms with Crippen LogP contribution in [0.2, 0.25) is 0 Å². The van der Waals surface area contributed by atoms with Gasteiger partial charge in [-0.25, -0.2) is 0 Å². The van der Waals surface area contributed by atoms with Crippen molar-refractivity contribution in [3.05, 3.63) is 71.3 Å². The maximum Gasteiger partial charge on any atom is 0.251 e. The fourth-order valence-corrected chi connectivity index (χ4v) is 4.33. The number of carbonyl (C=O) groups excluding carboxylic acids is 2. The molecule has 2 fully saturated rings. The summed E-state index contributed by atoms with van der Waals surface area (Å²) in [4.78, 5) is 28.8. The third-order valence-electron chi connectivity index (χ3n) is 5.98. The van der Waals surface area contributed by atoms with Gasteiger partial charge in [-0.1, -0.05) is 42.5 Å². The first-order valence-electron chi connectivity index (χ1n) is 10.6. The SMILES string of the molecule is O=C(NCC(c1ccccc1)N1CCCC1)c1ccc(CN2CCCC2=O)cc1. The topological polar surface area (TPSA) is 52.7 Å². The van der Waals surface area contributed by atoms with E-state index in [1.165, 1.54) is 18.4 Å². The monoisotopic (exact) mass is 391 g/mol. The first kappa shape index (κ1) is 19.6. The van der Waals surface area contributed by atoms with Crippen LogP contribution in [0.3, 0.4) is 0 Å². The van der Waals surface area contributed by atoms with Crippen molar-refractivity contribution in [2.45, 2.75) is 38.3 Å². The van der Waals surface area contributed by atoms with E-state index in [2.05, 4.69) is 34.5 Å². The summed E-state index contributed by atoms with van der Waals surface area (Å²) in [7, 11) is 0. The Morgan fingerprint density at radius 3 is 2.31 bits per heavy atom. The predicted molar refractivity (Wildman–Crippen MR) is 113 cm³/mol. The number of rotatable bonds is 7.